The third-order valence-electron chi connectivity index (χ3n) is 5.60. The Kier molecular flexibility index (Phi) is 6.13. The van der Waals surface area contributed by atoms with Crippen molar-refractivity contribution in [3.63, 3.8) is 0 Å². The van der Waals surface area contributed by atoms with Crippen LogP contribution < -0.4 is 10.1 Å². The zero-order chi connectivity index (χ0) is 21.3. The molecule has 1 amide bonds. The van der Waals surface area contributed by atoms with Gasteiger partial charge in [-0.15, -0.1) is 0 Å². The second-order valence-corrected chi connectivity index (χ2v) is 10.4. The number of hydrogen-bond donors (Lipinski definition) is 1. The van der Waals surface area contributed by atoms with Crippen LogP contribution in [-0.4, -0.2) is 38.3 Å². The minimum absolute atomic E-state index is 0.0633. The van der Waals surface area contributed by atoms with Crippen LogP contribution in [0.2, 0.25) is 0 Å². The van der Waals surface area contributed by atoms with Gasteiger partial charge in [0, 0.05) is 35.5 Å². The van der Waals surface area contributed by atoms with Crippen molar-refractivity contribution < 1.29 is 22.3 Å². The van der Waals surface area contributed by atoms with Gasteiger partial charge in [0.25, 0.3) is 0 Å². The van der Waals surface area contributed by atoms with E-state index >= 15 is 0 Å². The normalized spacial score (nSPS) is 20.3. The summed E-state index contributed by atoms with van der Waals surface area (Å²) in [5, 5.41) is 3.11. The van der Waals surface area contributed by atoms with E-state index in [1.165, 1.54) is 16.4 Å². The maximum Gasteiger partial charge on any atom is 0.243 e. The number of piperidine rings is 1. The highest BCUT2D eigenvalue weighted by Gasteiger charge is 2.33. The number of amides is 1. The maximum atomic E-state index is 13.1. The summed E-state index contributed by atoms with van der Waals surface area (Å²) in [5.41, 5.74) is 0.945. The highest BCUT2D eigenvalue weighted by molar-refractivity contribution is 9.10. The first-order valence-electron chi connectivity index (χ1n) is 9.83. The number of nitrogens with zero attached hydrogens (tertiary/aromatic N) is 1. The van der Waals surface area contributed by atoms with E-state index in [1.54, 1.807) is 0 Å². The molecular weight excluding hydrogens is 475 g/mol. The first-order valence-corrected chi connectivity index (χ1v) is 12.1. The van der Waals surface area contributed by atoms with Crippen LogP contribution in [0.15, 0.2) is 51.8 Å². The molecular formula is C21H22BrFN2O4S. The molecule has 1 unspecified atom stereocenters. The van der Waals surface area contributed by atoms with Gasteiger partial charge < -0.3 is 10.1 Å². The molecule has 2 aliphatic heterocycles. The van der Waals surface area contributed by atoms with Crippen molar-refractivity contribution in [1.29, 1.82) is 0 Å². The van der Waals surface area contributed by atoms with E-state index in [-0.39, 0.29) is 35.9 Å². The van der Waals surface area contributed by atoms with Crippen molar-refractivity contribution >= 4 is 31.9 Å². The minimum atomic E-state index is -3.69. The summed E-state index contributed by atoms with van der Waals surface area (Å²) < 4.78 is 46.5. The summed E-state index contributed by atoms with van der Waals surface area (Å²) >= 11 is 3.46. The lowest BCUT2D eigenvalue weighted by atomic mass is 9.95. The van der Waals surface area contributed by atoms with E-state index in [1.807, 2.05) is 18.2 Å². The van der Waals surface area contributed by atoms with Crippen molar-refractivity contribution in [2.24, 2.45) is 5.92 Å². The summed E-state index contributed by atoms with van der Waals surface area (Å²) in [4.78, 5) is 12.9. The molecule has 0 saturated carbocycles. The number of sulfonamides is 1. The van der Waals surface area contributed by atoms with Crippen LogP contribution in [0.5, 0.6) is 5.75 Å². The molecule has 0 aromatic heterocycles. The molecule has 2 aliphatic rings. The molecule has 1 saturated heterocycles. The Hall–Kier alpha value is -1.97. The average Bonchev–Trinajstić information content (AvgIpc) is 2.74. The standard InChI is InChI=1S/C21H22BrFN2O4S/c22-15-1-6-20-18(13-15)19(9-12-29-20)24-21(26)14-7-10-25(11-8-14)30(27,28)17-4-2-16(23)3-5-17/h1-6,13-14,19H,7-12H2,(H,24,26). The number of halogens is 2. The Balaban J connectivity index is 1.38. The van der Waals surface area contributed by atoms with Gasteiger partial charge in [-0.2, -0.15) is 4.31 Å². The van der Waals surface area contributed by atoms with Gasteiger partial charge in [-0.25, -0.2) is 12.8 Å². The molecule has 160 valence electrons. The van der Waals surface area contributed by atoms with Crippen molar-refractivity contribution in [2.75, 3.05) is 19.7 Å². The van der Waals surface area contributed by atoms with E-state index in [0.29, 0.717) is 25.9 Å². The summed E-state index contributed by atoms with van der Waals surface area (Å²) in [7, 11) is -3.69. The number of rotatable bonds is 4. The summed E-state index contributed by atoms with van der Waals surface area (Å²) in [6, 6.07) is 10.4. The molecule has 0 spiro atoms. The molecule has 0 aliphatic carbocycles. The number of nitrogens with one attached hydrogen (secondary N) is 1. The van der Waals surface area contributed by atoms with Crippen molar-refractivity contribution in [1.82, 2.24) is 9.62 Å². The molecule has 2 heterocycles. The van der Waals surface area contributed by atoms with E-state index in [9.17, 15) is 17.6 Å². The predicted molar refractivity (Wildman–Crippen MR) is 113 cm³/mol. The van der Waals surface area contributed by atoms with Crippen molar-refractivity contribution in [3.8, 4) is 5.75 Å². The van der Waals surface area contributed by atoms with Crippen LogP contribution >= 0.6 is 15.9 Å². The zero-order valence-electron chi connectivity index (χ0n) is 16.2. The molecule has 1 fully saturated rings. The van der Waals surface area contributed by atoms with Crippen LogP contribution in [0.3, 0.4) is 0 Å². The van der Waals surface area contributed by atoms with Gasteiger partial charge in [-0.1, -0.05) is 15.9 Å². The second-order valence-electron chi connectivity index (χ2n) is 7.51. The van der Waals surface area contributed by atoms with Crippen molar-refractivity contribution in [2.45, 2.75) is 30.2 Å². The van der Waals surface area contributed by atoms with E-state index < -0.39 is 15.8 Å². The fraction of sp³-hybridized carbons (Fsp3) is 0.381. The average molecular weight is 497 g/mol. The Labute approximate surface area is 183 Å². The van der Waals surface area contributed by atoms with Gasteiger partial charge in [0.15, 0.2) is 0 Å². The largest absolute Gasteiger partial charge is 0.493 e. The van der Waals surface area contributed by atoms with Gasteiger partial charge >= 0.3 is 0 Å². The number of ether oxygens (including phenoxy) is 1. The predicted octanol–water partition coefficient (Wildman–Crippen LogP) is 3.63. The van der Waals surface area contributed by atoms with Gasteiger partial charge in [0.05, 0.1) is 17.5 Å². The topological polar surface area (TPSA) is 75.7 Å². The number of carbonyl (C=O) groups excluding carboxylic acids is 1. The van der Waals surface area contributed by atoms with Crippen LogP contribution in [0, 0.1) is 11.7 Å². The zero-order valence-corrected chi connectivity index (χ0v) is 18.6. The van der Waals surface area contributed by atoms with Crippen LogP contribution in [-0.2, 0) is 14.8 Å². The number of benzene rings is 2. The lowest BCUT2D eigenvalue weighted by Gasteiger charge is -2.32. The summed E-state index contributed by atoms with van der Waals surface area (Å²) in [6.07, 6.45) is 1.58. The van der Waals surface area contributed by atoms with Gasteiger partial charge in [0.2, 0.25) is 15.9 Å². The first-order chi connectivity index (χ1) is 14.3. The first kappa shape index (κ1) is 21.3. The van der Waals surface area contributed by atoms with Gasteiger partial charge in [0.1, 0.15) is 11.6 Å². The monoisotopic (exact) mass is 496 g/mol. The highest BCUT2D eigenvalue weighted by atomic mass is 79.9. The van der Waals surface area contributed by atoms with E-state index in [0.717, 1.165) is 27.9 Å². The van der Waals surface area contributed by atoms with Gasteiger partial charge in [-0.3, -0.25) is 4.79 Å². The summed E-state index contributed by atoms with van der Waals surface area (Å²) in [6.45, 7) is 1.05. The molecule has 1 N–H and O–H groups in total. The molecule has 1 atom stereocenters. The van der Waals surface area contributed by atoms with Crippen LogP contribution in [0.1, 0.15) is 30.9 Å². The molecule has 9 heteroatoms. The fourth-order valence-electron chi connectivity index (χ4n) is 3.92. The molecule has 4 rings (SSSR count). The van der Waals surface area contributed by atoms with Gasteiger partial charge in [-0.05, 0) is 55.3 Å². The van der Waals surface area contributed by atoms with Crippen LogP contribution in [0.25, 0.3) is 0 Å². The fourth-order valence-corrected chi connectivity index (χ4v) is 5.77. The Bertz CT molecular complexity index is 1040. The number of fused-ring (bicyclic) bond motifs is 1. The molecule has 0 bridgehead atoms. The lowest BCUT2D eigenvalue weighted by molar-refractivity contribution is -0.127. The third-order valence-corrected chi connectivity index (χ3v) is 8.01. The van der Waals surface area contributed by atoms with E-state index in [4.69, 9.17) is 4.74 Å². The van der Waals surface area contributed by atoms with Crippen LogP contribution in [0.4, 0.5) is 4.39 Å². The summed E-state index contributed by atoms with van der Waals surface area (Å²) in [5.74, 6) is -0.0178. The Morgan fingerprint density at radius 1 is 1.10 bits per heavy atom. The molecule has 30 heavy (non-hydrogen) atoms. The van der Waals surface area contributed by atoms with E-state index in [2.05, 4.69) is 21.2 Å². The Morgan fingerprint density at radius 2 is 1.80 bits per heavy atom. The highest BCUT2D eigenvalue weighted by Crippen LogP contribution is 2.34. The second kappa shape index (κ2) is 8.64. The Morgan fingerprint density at radius 3 is 2.50 bits per heavy atom. The number of carbonyl (C=O) groups is 1. The molecule has 2 aromatic rings. The third kappa shape index (κ3) is 4.38. The minimum Gasteiger partial charge on any atom is -0.493 e. The smallest absolute Gasteiger partial charge is 0.243 e. The number of hydrogen-bond acceptors (Lipinski definition) is 4. The molecule has 0 radical (unpaired) electrons. The molecule has 6 nitrogen and oxygen atoms in total. The SMILES string of the molecule is O=C(NC1CCOc2ccc(Br)cc21)C1CCN(S(=O)(=O)c2ccc(F)cc2)CC1. The maximum absolute atomic E-state index is 13.1. The quantitative estimate of drug-likeness (QED) is 0.700. The van der Waals surface area contributed by atoms with Crippen molar-refractivity contribution in [3.05, 3.63) is 58.3 Å². The molecule has 2 aromatic carbocycles. The lowest BCUT2D eigenvalue weighted by Crippen LogP contribution is -2.44.